The lowest BCUT2D eigenvalue weighted by atomic mass is 10.1. The van der Waals surface area contributed by atoms with E-state index in [0.29, 0.717) is 11.4 Å². The van der Waals surface area contributed by atoms with Crippen LogP contribution >= 0.6 is 0 Å². The average Bonchev–Trinajstić information content (AvgIpc) is 3.28. The van der Waals surface area contributed by atoms with Crippen molar-refractivity contribution >= 4 is 23.6 Å². The normalized spacial score (nSPS) is 10.8. The van der Waals surface area contributed by atoms with Crippen LogP contribution < -0.4 is 15.2 Å². The molecule has 7 heteroatoms. The summed E-state index contributed by atoms with van der Waals surface area (Å²) < 4.78 is 7.00. The van der Waals surface area contributed by atoms with Gasteiger partial charge in [-0.3, -0.25) is 4.79 Å². The van der Waals surface area contributed by atoms with Crippen molar-refractivity contribution < 1.29 is 19.4 Å². The summed E-state index contributed by atoms with van der Waals surface area (Å²) >= 11 is 0. The Balaban J connectivity index is 1.60. The van der Waals surface area contributed by atoms with Gasteiger partial charge < -0.3 is 20.0 Å². The van der Waals surface area contributed by atoms with E-state index in [1.807, 2.05) is 60.8 Å². The van der Waals surface area contributed by atoms with Crippen molar-refractivity contribution in [3.63, 3.8) is 0 Å². The molecule has 0 aliphatic heterocycles. The van der Waals surface area contributed by atoms with Gasteiger partial charge in [-0.25, -0.2) is 4.68 Å². The maximum atomic E-state index is 12.4. The van der Waals surface area contributed by atoms with Gasteiger partial charge in [0.1, 0.15) is 5.75 Å². The topological polar surface area (TPSA) is 96.3 Å². The van der Waals surface area contributed by atoms with E-state index in [0.717, 1.165) is 22.6 Å². The van der Waals surface area contributed by atoms with E-state index < -0.39 is 5.97 Å². The molecule has 1 N–H and O–H groups in total. The number of methoxy groups -OCH3 is 1. The van der Waals surface area contributed by atoms with Crippen LogP contribution in [-0.2, 0) is 4.79 Å². The molecule has 0 atom stereocenters. The first-order chi connectivity index (χ1) is 16.0. The van der Waals surface area contributed by atoms with Crippen molar-refractivity contribution in [3.05, 3.63) is 102 Å². The van der Waals surface area contributed by atoms with E-state index >= 15 is 0 Å². The summed E-state index contributed by atoms with van der Waals surface area (Å²) in [5.74, 6) is -0.888. The van der Waals surface area contributed by atoms with E-state index in [-0.39, 0.29) is 11.5 Å². The van der Waals surface area contributed by atoms with Crippen molar-refractivity contribution in [2.24, 2.45) is 0 Å². The highest BCUT2D eigenvalue weighted by molar-refractivity contribution is 6.02. The Labute approximate surface area is 190 Å². The molecule has 0 aliphatic rings. The number of carboxylic acid groups (broad SMARTS) is 1. The van der Waals surface area contributed by atoms with Crippen molar-refractivity contribution in [2.45, 2.75) is 0 Å². The molecule has 0 bridgehead atoms. The van der Waals surface area contributed by atoms with Gasteiger partial charge >= 0.3 is 0 Å². The van der Waals surface area contributed by atoms with Crippen molar-refractivity contribution in [1.82, 2.24) is 9.78 Å². The number of nitrogens with one attached hydrogen (secondary N) is 1. The third-order valence-corrected chi connectivity index (χ3v) is 4.93. The Hall–Kier alpha value is -4.65. The van der Waals surface area contributed by atoms with Crippen LogP contribution in [0.2, 0.25) is 0 Å². The molecule has 0 fully saturated rings. The van der Waals surface area contributed by atoms with Crippen LogP contribution in [-0.4, -0.2) is 28.8 Å². The van der Waals surface area contributed by atoms with Crippen LogP contribution in [0, 0.1) is 0 Å². The van der Waals surface area contributed by atoms with Gasteiger partial charge in [0.2, 0.25) is 5.91 Å². The molecule has 4 rings (SSSR count). The summed E-state index contributed by atoms with van der Waals surface area (Å²) in [6, 6.07) is 23.0. The van der Waals surface area contributed by atoms with Crippen LogP contribution in [0.4, 0.5) is 5.69 Å². The first kappa shape index (κ1) is 21.6. The predicted molar refractivity (Wildman–Crippen MR) is 124 cm³/mol. The zero-order chi connectivity index (χ0) is 23.2. The Morgan fingerprint density at radius 3 is 2.30 bits per heavy atom. The molecule has 0 aliphatic carbocycles. The fourth-order valence-electron chi connectivity index (χ4n) is 3.23. The molecule has 7 nitrogen and oxygen atoms in total. The molecule has 1 heterocycles. The van der Waals surface area contributed by atoms with Crippen LogP contribution in [0.1, 0.15) is 15.9 Å². The van der Waals surface area contributed by atoms with Gasteiger partial charge in [-0.15, -0.1) is 0 Å². The zero-order valence-electron chi connectivity index (χ0n) is 17.8. The Morgan fingerprint density at radius 2 is 1.67 bits per heavy atom. The van der Waals surface area contributed by atoms with E-state index in [4.69, 9.17) is 9.84 Å². The smallest absolute Gasteiger partial charge is 0.248 e. The van der Waals surface area contributed by atoms with E-state index in [2.05, 4.69) is 5.32 Å². The first-order valence-electron chi connectivity index (χ1n) is 10.1. The third kappa shape index (κ3) is 5.16. The standard InChI is InChI=1S/C26H21N3O4/c1-33-23-14-9-18(10-15-23)25-20(17-29(28-25)22-5-3-2-4-6-22)11-16-24(30)27-21-12-7-19(8-13-21)26(31)32/h2-17H,1H3,(H,27,30)(H,31,32)/p-1/b16-11-. The Bertz CT molecular complexity index is 1290. The number of ether oxygens (including phenoxy) is 1. The molecule has 33 heavy (non-hydrogen) atoms. The number of benzene rings is 3. The van der Waals surface area contributed by atoms with Crippen LogP contribution in [0.5, 0.6) is 5.75 Å². The number of carbonyl (C=O) groups excluding carboxylic acids is 2. The number of amides is 1. The number of nitrogens with zero attached hydrogens (tertiary/aromatic N) is 2. The molecular weight excluding hydrogens is 418 g/mol. The molecule has 4 aromatic rings. The van der Waals surface area contributed by atoms with Gasteiger partial charge in [0.15, 0.2) is 0 Å². The highest BCUT2D eigenvalue weighted by atomic mass is 16.5. The highest BCUT2D eigenvalue weighted by Crippen LogP contribution is 2.26. The summed E-state index contributed by atoms with van der Waals surface area (Å²) in [5.41, 5.74) is 3.76. The number of aromatic carboxylic acids is 1. The number of anilines is 1. The molecule has 0 saturated heterocycles. The predicted octanol–water partition coefficient (Wildman–Crippen LogP) is 3.56. The fourth-order valence-corrected chi connectivity index (χ4v) is 3.23. The minimum absolute atomic E-state index is 0.0426. The SMILES string of the molecule is COc1ccc(-c2nn(-c3ccccc3)cc2/C=C\C(=O)Nc2ccc(C(=O)[O-])cc2)cc1. The Morgan fingerprint density at radius 1 is 0.970 bits per heavy atom. The minimum Gasteiger partial charge on any atom is -0.545 e. The lowest BCUT2D eigenvalue weighted by molar-refractivity contribution is -0.255. The monoisotopic (exact) mass is 438 g/mol. The molecule has 164 valence electrons. The van der Waals surface area contributed by atoms with Crippen LogP contribution in [0.15, 0.2) is 91.1 Å². The van der Waals surface area contributed by atoms with E-state index in [9.17, 15) is 14.7 Å². The van der Waals surface area contributed by atoms with Gasteiger partial charge in [-0.05, 0) is 60.2 Å². The summed E-state index contributed by atoms with van der Waals surface area (Å²) in [7, 11) is 1.61. The molecule has 0 saturated carbocycles. The second-order valence-electron chi connectivity index (χ2n) is 7.13. The summed E-state index contributed by atoms with van der Waals surface area (Å²) in [5, 5.41) is 18.3. The average molecular weight is 438 g/mol. The molecule has 0 radical (unpaired) electrons. The lowest BCUT2D eigenvalue weighted by Gasteiger charge is -2.05. The van der Waals surface area contributed by atoms with Gasteiger partial charge in [0.05, 0.1) is 24.5 Å². The third-order valence-electron chi connectivity index (χ3n) is 4.93. The molecule has 1 aromatic heterocycles. The number of hydrogen-bond donors (Lipinski definition) is 1. The summed E-state index contributed by atoms with van der Waals surface area (Å²) in [6.45, 7) is 0. The lowest BCUT2D eigenvalue weighted by Crippen LogP contribution is -2.22. The van der Waals surface area contributed by atoms with Gasteiger partial charge in [-0.1, -0.05) is 30.3 Å². The zero-order valence-corrected chi connectivity index (χ0v) is 17.8. The second-order valence-corrected chi connectivity index (χ2v) is 7.13. The molecular formula is C26H20N3O4-. The second kappa shape index (κ2) is 9.65. The maximum absolute atomic E-state index is 12.4. The summed E-state index contributed by atoms with van der Waals surface area (Å²) in [4.78, 5) is 23.3. The Kier molecular flexibility index (Phi) is 6.31. The van der Waals surface area contributed by atoms with Crippen LogP contribution in [0.3, 0.4) is 0 Å². The molecule has 1 amide bonds. The first-order valence-corrected chi connectivity index (χ1v) is 10.1. The van der Waals surface area contributed by atoms with Gasteiger partial charge in [0.25, 0.3) is 0 Å². The molecule has 3 aromatic carbocycles. The fraction of sp³-hybridized carbons (Fsp3) is 0.0385. The molecule has 0 spiro atoms. The number of carboxylic acids is 1. The van der Waals surface area contributed by atoms with Crippen molar-refractivity contribution in [3.8, 4) is 22.7 Å². The number of carbonyl (C=O) groups is 2. The quantitative estimate of drug-likeness (QED) is 0.445. The van der Waals surface area contributed by atoms with E-state index in [1.165, 1.54) is 30.3 Å². The number of rotatable bonds is 7. The number of para-hydroxylation sites is 1. The van der Waals surface area contributed by atoms with Gasteiger partial charge in [-0.2, -0.15) is 5.10 Å². The minimum atomic E-state index is -1.27. The summed E-state index contributed by atoms with van der Waals surface area (Å²) in [6.07, 6.45) is 4.95. The van der Waals surface area contributed by atoms with Gasteiger partial charge in [0, 0.05) is 29.1 Å². The number of aromatic nitrogens is 2. The van der Waals surface area contributed by atoms with Crippen molar-refractivity contribution in [2.75, 3.05) is 12.4 Å². The maximum Gasteiger partial charge on any atom is 0.248 e. The van der Waals surface area contributed by atoms with Crippen molar-refractivity contribution in [1.29, 1.82) is 0 Å². The van der Waals surface area contributed by atoms with E-state index in [1.54, 1.807) is 17.9 Å². The highest BCUT2D eigenvalue weighted by Gasteiger charge is 2.11. The van der Waals surface area contributed by atoms with Crippen LogP contribution in [0.25, 0.3) is 23.0 Å². The largest absolute Gasteiger partial charge is 0.545 e. The number of hydrogen-bond acceptors (Lipinski definition) is 5. The molecule has 0 unspecified atom stereocenters.